The van der Waals surface area contributed by atoms with E-state index in [1.54, 1.807) is 19.9 Å². The molecule has 7 heteroatoms. The average Bonchev–Trinajstić information content (AvgIpc) is 2.85. The Bertz CT molecular complexity index is 706. The Morgan fingerprint density at radius 2 is 2.00 bits per heavy atom. The number of hydrogen-bond donors (Lipinski definition) is 2. The maximum Gasteiger partial charge on any atom is 0.269 e. The van der Waals surface area contributed by atoms with Crippen LogP contribution in [-0.2, 0) is 0 Å². The predicted octanol–water partition coefficient (Wildman–Crippen LogP) is 2.66. The van der Waals surface area contributed by atoms with Crippen molar-refractivity contribution < 1.29 is 19.2 Å². The van der Waals surface area contributed by atoms with Gasteiger partial charge >= 0.3 is 0 Å². The van der Waals surface area contributed by atoms with Crippen molar-refractivity contribution in [3.8, 4) is 0 Å². The van der Waals surface area contributed by atoms with Crippen molar-refractivity contribution in [1.82, 2.24) is 5.32 Å². The zero-order chi connectivity index (χ0) is 17.0. The monoisotopic (exact) mass is 318 g/mol. The lowest BCUT2D eigenvalue weighted by atomic mass is 10.1. The summed E-state index contributed by atoms with van der Waals surface area (Å²) >= 11 is 0. The third-order valence-electron chi connectivity index (χ3n) is 3.48. The van der Waals surface area contributed by atoms with Crippen molar-refractivity contribution in [3.63, 3.8) is 0 Å². The third-order valence-corrected chi connectivity index (χ3v) is 3.48. The van der Waals surface area contributed by atoms with Crippen LogP contribution in [0, 0.1) is 24.0 Å². The maximum absolute atomic E-state index is 11.9. The number of amides is 1. The zero-order valence-electron chi connectivity index (χ0n) is 12.9. The lowest BCUT2D eigenvalue weighted by molar-refractivity contribution is -0.384. The number of hydrogen-bond acceptors (Lipinski definition) is 5. The number of non-ortho nitro benzene ring substituents is 1. The molecule has 2 N–H and O–H groups in total. The molecule has 1 amide bonds. The Kier molecular flexibility index (Phi) is 5.13. The molecule has 1 atom stereocenters. The highest BCUT2D eigenvalue weighted by molar-refractivity contribution is 5.94. The first-order chi connectivity index (χ1) is 10.9. The Morgan fingerprint density at radius 1 is 1.35 bits per heavy atom. The molecule has 1 heterocycles. The Morgan fingerprint density at radius 3 is 2.52 bits per heavy atom. The molecule has 0 saturated carbocycles. The van der Waals surface area contributed by atoms with E-state index in [-0.39, 0.29) is 18.1 Å². The molecule has 2 aromatic rings. The van der Waals surface area contributed by atoms with E-state index in [4.69, 9.17) is 4.42 Å². The van der Waals surface area contributed by atoms with E-state index in [2.05, 4.69) is 5.32 Å². The Balaban J connectivity index is 1.87. The highest BCUT2D eigenvalue weighted by Gasteiger charge is 2.15. The molecule has 0 saturated heterocycles. The van der Waals surface area contributed by atoms with Crippen molar-refractivity contribution in [2.75, 3.05) is 6.54 Å². The van der Waals surface area contributed by atoms with Gasteiger partial charge in [0.1, 0.15) is 11.5 Å². The van der Waals surface area contributed by atoms with Crippen LogP contribution in [0.3, 0.4) is 0 Å². The first-order valence-corrected chi connectivity index (χ1v) is 7.16. The van der Waals surface area contributed by atoms with E-state index >= 15 is 0 Å². The first kappa shape index (κ1) is 16.7. The molecule has 7 nitrogen and oxygen atoms in total. The molecule has 1 unspecified atom stereocenters. The van der Waals surface area contributed by atoms with E-state index < -0.39 is 11.0 Å². The molecule has 0 spiro atoms. The van der Waals surface area contributed by atoms with E-state index in [1.807, 2.05) is 0 Å². The number of nitro groups is 1. The van der Waals surface area contributed by atoms with Crippen LogP contribution in [0.4, 0.5) is 5.69 Å². The summed E-state index contributed by atoms with van der Waals surface area (Å²) in [5.74, 6) is 1.05. The van der Waals surface area contributed by atoms with Crippen LogP contribution in [0.5, 0.6) is 0 Å². The van der Waals surface area contributed by atoms with Crippen LogP contribution in [0.1, 0.15) is 40.0 Å². The number of furan rings is 1. The Hall–Kier alpha value is -2.67. The number of aliphatic hydroxyl groups is 1. The standard InChI is InChI=1S/C16H18N2O5/c1-10-9-14(11(2)23-10)15(19)7-8-17-16(20)12-3-5-13(6-4-12)18(21)22/h3-6,9,15,19H,7-8H2,1-2H3,(H,17,20). The lowest BCUT2D eigenvalue weighted by Crippen LogP contribution is -2.25. The largest absolute Gasteiger partial charge is 0.466 e. The van der Waals surface area contributed by atoms with Crippen LogP contribution >= 0.6 is 0 Å². The van der Waals surface area contributed by atoms with E-state index in [0.29, 0.717) is 23.3 Å². The molecule has 2 rings (SSSR count). The molecule has 0 aliphatic heterocycles. The number of nitro benzene ring substituents is 1. The van der Waals surface area contributed by atoms with Crippen LogP contribution in [0.15, 0.2) is 34.7 Å². The zero-order valence-corrected chi connectivity index (χ0v) is 12.9. The number of rotatable bonds is 6. The van der Waals surface area contributed by atoms with Gasteiger partial charge in [-0.25, -0.2) is 0 Å². The van der Waals surface area contributed by atoms with Crippen molar-refractivity contribution in [3.05, 3.63) is 63.1 Å². The van der Waals surface area contributed by atoms with Crippen LogP contribution in [0.2, 0.25) is 0 Å². The summed E-state index contributed by atoms with van der Waals surface area (Å²) in [5, 5.41) is 23.3. The van der Waals surface area contributed by atoms with Gasteiger partial charge in [-0.1, -0.05) is 0 Å². The van der Waals surface area contributed by atoms with Gasteiger partial charge in [-0.15, -0.1) is 0 Å². The van der Waals surface area contributed by atoms with Gasteiger partial charge in [-0.3, -0.25) is 14.9 Å². The third kappa shape index (κ3) is 4.17. The molecule has 1 aromatic carbocycles. The number of nitrogens with one attached hydrogen (secondary N) is 1. The lowest BCUT2D eigenvalue weighted by Gasteiger charge is -2.10. The second-order valence-corrected chi connectivity index (χ2v) is 5.23. The minimum absolute atomic E-state index is 0.0669. The number of aliphatic hydroxyl groups excluding tert-OH is 1. The van der Waals surface area contributed by atoms with Crippen molar-refractivity contribution in [1.29, 1.82) is 0 Å². The second-order valence-electron chi connectivity index (χ2n) is 5.23. The molecule has 0 bridgehead atoms. The highest BCUT2D eigenvalue weighted by atomic mass is 16.6. The fourth-order valence-electron chi connectivity index (χ4n) is 2.30. The van der Waals surface area contributed by atoms with E-state index in [0.717, 1.165) is 5.76 Å². The summed E-state index contributed by atoms with van der Waals surface area (Å²) in [6, 6.07) is 7.13. The number of nitrogens with zero attached hydrogens (tertiary/aromatic N) is 1. The summed E-state index contributed by atoms with van der Waals surface area (Å²) in [6.07, 6.45) is -0.372. The molecular weight excluding hydrogens is 300 g/mol. The fraction of sp³-hybridized carbons (Fsp3) is 0.312. The molecule has 1 aromatic heterocycles. The van der Waals surface area contributed by atoms with Crippen LogP contribution in [-0.4, -0.2) is 22.5 Å². The van der Waals surface area contributed by atoms with Gasteiger partial charge in [0.2, 0.25) is 0 Å². The summed E-state index contributed by atoms with van der Waals surface area (Å²) in [6.45, 7) is 3.86. The predicted molar refractivity (Wildman–Crippen MR) is 83.2 cm³/mol. The number of aryl methyl sites for hydroxylation is 2. The minimum atomic E-state index is -0.718. The molecule has 0 fully saturated rings. The van der Waals surface area contributed by atoms with Gasteiger partial charge < -0.3 is 14.8 Å². The van der Waals surface area contributed by atoms with E-state index in [1.165, 1.54) is 24.3 Å². The summed E-state index contributed by atoms with van der Waals surface area (Å²) in [4.78, 5) is 22.0. The van der Waals surface area contributed by atoms with Crippen LogP contribution < -0.4 is 5.32 Å². The normalized spacial score (nSPS) is 12.0. The SMILES string of the molecule is Cc1cc(C(O)CCNC(=O)c2ccc([N+](=O)[O-])cc2)c(C)o1. The molecule has 0 radical (unpaired) electrons. The van der Waals surface area contributed by atoms with Crippen LogP contribution in [0.25, 0.3) is 0 Å². The molecular formula is C16H18N2O5. The van der Waals surface area contributed by atoms with Crippen molar-refractivity contribution in [2.45, 2.75) is 26.4 Å². The molecule has 122 valence electrons. The van der Waals surface area contributed by atoms with Gasteiger partial charge in [-0.05, 0) is 38.5 Å². The van der Waals surface area contributed by atoms with Crippen molar-refractivity contribution in [2.24, 2.45) is 0 Å². The fourth-order valence-corrected chi connectivity index (χ4v) is 2.30. The van der Waals surface area contributed by atoms with Gasteiger partial charge in [0.25, 0.3) is 11.6 Å². The first-order valence-electron chi connectivity index (χ1n) is 7.16. The average molecular weight is 318 g/mol. The number of carbonyl (C=O) groups excluding carboxylic acids is 1. The summed E-state index contributed by atoms with van der Waals surface area (Å²) in [5.41, 5.74) is 0.982. The minimum Gasteiger partial charge on any atom is -0.466 e. The van der Waals surface area contributed by atoms with Gasteiger partial charge in [0.05, 0.1) is 11.0 Å². The summed E-state index contributed by atoms with van der Waals surface area (Å²) in [7, 11) is 0. The van der Waals surface area contributed by atoms with E-state index in [9.17, 15) is 20.0 Å². The van der Waals surface area contributed by atoms with Gasteiger partial charge in [0, 0.05) is 29.8 Å². The molecule has 0 aliphatic rings. The smallest absolute Gasteiger partial charge is 0.269 e. The van der Waals surface area contributed by atoms with Crippen molar-refractivity contribution >= 4 is 11.6 Å². The summed E-state index contributed by atoms with van der Waals surface area (Å²) < 4.78 is 5.36. The van der Waals surface area contributed by atoms with Gasteiger partial charge in [-0.2, -0.15) is 0 Å². The topological polar surface area (TPSA) is 106 Å². The maximum atomic E-state index is 11.9. The van der Waals surface area contributed by atoms with Gasteiger partial charge in [0.15, 0.2) is 0 Å². The molecule has 0 aliphatic carbocycles. The highest BCUT2D eigenvalue weighted by Crippen LogP contribution is 2.23. The number of benzene rings is 1. The molecule has 23 heavy (non-hydrogen) atoms. The number of carbonyl (C=O) groups is 1. The Labute approximate surface area is 133 Å². The second kappa shape index (κ2) is 7.06. The quantitative estimate of drug-likeness (QED) is 0.629.